The number of nitrogens with zero attached hydrogens (tertiary/aromatic N) is 4. The van der Waals surface area contributed by atoms with Gasteiger partial charge in [0.05, 0.1) is 19.5 Å². The monoisotopic (exact) mass is 845 g/mol. The van der Waals surface area contributed by atoms with Crippen LogP contribution in [0.15, 0.2) is 6.33 Å². The normalized spacial score (nSPS) is 20.0. The van der Waals surface area contributed by atoms with Crippen molar-refractivity contribution in [3.05, 3.63) is 11.6 Å². The Kier molecular flexibility index (Phi) is 21.0. The smallest absolute Gasteiger partial charge is 0.452 e. The van der Waals surface area contributed by atoms with Crippen molar-refractivity contribution < 1.29 is 47.6 Å². The van der Waals surface area contributed by atoms with E-state index in [2.05, 4.69) is 40.0 Å². The summed E-state index contributed by atoms with van der Waals surface area (Å²) in [5.74, 6) is 1.49. The molecule has 328 valence electrons. The number of carbonyl (C=O) groups excluding carboxylic acids is 4. The molecule has 2 aliphatic heterocycles. The number of halogens is 1. The molecular formula is C43H64ClN5O10. The number of anilines is 1. The highest BCUT2D eigenvalue weighted by molar-refractivity contribution is 6.28. The average Bonchev–Trinajstić information content (AvgIpc) is 3.95. The van der Waals surface area contributed by atoms with Gasteiger partial charge in [0, 0.05) is 19.3 Å². The third kappa shape index (κ3) is 15.8. The molecule has 2 fully saturated rings. The number of hydrogen-bond donors (Lipinski definition) is 1. The molecular weight excluding hydrogens is 782 g/mol. The molecule has 1 N–H and O–H groups in total. The van der Waals surface area contributed by atoms with E-state index in [1.165, 1.54) is 87.9 Å². The Balaban J connectivity index is 1.35. The highest BCUT2D eigenvalue weighted by Crippen LogP contribution is 2.41. The molecule has 4 atom stereocenters. The van der Waals surface area contributed by atoms with Gasteiger partial charge in [-0.3, -0.25) is 14.2 Å². The minimum Gasteiger partial charge on any atom is -0.452 e. The summed E-state index contributed by atoms with van der Waals surface area (Å²) in [4.78, 5) is 63.0. The summed E-state index contributed by atoms with van der Waals surface area (Å²) in [6.07, 6.45) is 25.7. The Hall–Kier alpha value is -4.16. The van der Waals surface area contributed by atoms with Crippen LogP contribution in [0, 0.1) is 12.3 Å². The SMILES string of the molecule is C#C[C@]1(COC(=O)OCCCCCCCCCCCC)O[C@@H](n2cnc3c(NC(=O)[C@H]4CCC(=O)O4)nc(Cl)nc32)C[C@@H]1OC(=O)OCCCCCCCCCCCC. The van der Waals surface area contributed by atoms with E-state index in [0.717, 1.165) is 38.5 Å². The van der Waals surface area contributed by atoms with Crippen LogP contribution in [0.5, 0.6) is 0 Å². The van der Waals surface area contributed by atoms with Crippen molar-refractivity contribution in [3.63, 3.8) is 0 Å². The number of carbonyl (C=O) groups is 4. The van der Waals surface area contributed by atoms with Crippen molar-refractivity contribution in [2.75, 3.05) is 25.1 Å². The fraction of sp³-hybridized carbons (Fsp3) is 0.744. The first-order valence-electron chi connectivity index (χ1n) is 21.9. The Bertz CT molecular complexity index is 1670. The maximum atomic E-state index is 13.0. The average molecular weight is 846 g/mol. The van der Waals surface area contributed by atoms with Crippen LogP contribution >= 0.6 is 11.6 Å². The number of esters is 1. The van der Waals surface area contributed by atoms with Crippen LogP contribution in [0.2, 0.25) is 5.28 Å². The van der Waals surface area contributed by atoms with Gasteiger partial charge in [-0.05, 0) is 24.4 Å². The molecule has 0 spiro atoms. The Labute approximate surface area is 353 Å². The molecule has 0 unspecified atom stereocenters. The Morgan fingerprint density at radius 2 is 1.41 bits per heavy atom. The molecule has 16 heteroatoms. The fourth-order valence-corrected chi connectivity index (χ4v) is 7.46. The van der Waals surface area contributed by atoms with Crippen molar-refractivity contribution in [3.8, 4) is 12.3 Å². The number of hydrogen-bond acceptors (Lipinski definition) is 13. The molecule has 0 radical (unpaired) electrons. The van der Waals surface area contributed by atoms with Crippen LogP contribution in [0.25, 0.3) is 11.2 Å². The highest BCUT2D eigenvalue weighted by atomic mass is 35.5. The molecule has 0 saturated carbocycles. The predicted octanol–water partition coefficient (Wildman–Crippen LogP) is 9.93. The first kappa shape index (κ1) is 47.5. The number of imidazole rings is 1. The summed E-state index contributed by atoms with van der Waals surface area (Å²) in [7, 11) is 0. The van der Waals surface area contributed by atoms with E-state index in [9.17, 15) is 19.2 Å². The lowest BCUT2D eigenvalue weighted by Crippen LogP contribution is -2.45. The van der Waals surface area contributed by atoms with Crippen molar-refractivity contribution in [2.45, 2.75) is 186 Å². The van der Waals surface area contributed by atoms with Gasteiger partial charge in [0.25, 0.3) is 5.91 Å². The number of cyclic esters (lactones) is 1. The maximum absolute atomic E-state index is 13.0. The van der Waals surface area contributed by atoms with Gasteiger partial charge >= 0.3 is 18.3 Å². The van der Waals surface area contributed by atoms with Gasteiger partial charge in [0.2, 0.25) is 10.9 Å². The minimum atomic E-state index is -1.74. The third-order valence-electron chi connectivity index (χ3n) is 10.7. The summed E-state index contributed by atoms with van der Waals surface area (Å²) in [5.41, 5.74) is -1.41. The number of nitrogens with one attached hydrogen (secondary N) is 1. The van der Waals surface area contributed by atoms with Gasteiger partial charge < -0.3 is 33.7 Å². The van der Waals surface area contributed by atoms with E-state index in [4.69, 9.17) is 46.4 Å². The van der Waals surface area contributed by atoms with Crippen molar-refractivity contribution in [1.82, 2.24) is 19.5 Å². The lowest BCUT2D eigenvalue weighted by molar-refractivity contribution is -0.146. The summed E-state index contributed by atoms with van der Waals surface area (Å²) in [5, 5.41) is 2.41. The zero-order valence-electron chi connectivity index (χ0n) is 35.0. The second-order valence-corrected chi connectivity index (χ2v) is 15.8. The van der Waals surface area contributed by atoms with Gasteiger partial charge in [-0.1, -0.05) is 135 Å². The molecule has 2 saturated heterocycles. The summed E-state index contributed by atoms with van der Waals surface area (Å²) in [6.45, 7) is 4.30. The molecule has 1 amide bonds. The zero-order valence-corrected chi connectivity index (χ0v) is 35.8. The standard InChI is InChI=1S/C43H64ClN5O10/c1-4-7-9-11-13-15-17-19-21-23-27-54-41(52)56-30-43(6-3)33(58-42(53)55-28-24-22-20-18-16-14-12-10-8-5-2)29-34(59-43)49-31-45-36-37(47-40(44)48-38(36)49)46-39(51)32-25-26-35(50)57-32/h3,31-34H,4-5,7-30H2,1-2H3,(H,46,47,48,51)/t32-,33+,34-,43-/m1/s1. The van der Waals surface area contributed by atoms with E-state index in [0.29, 0.717) is 12.8 Å². The van der Waals surface area contributed by atoms with Gasteiger partial charge in [-0.15, -0.1) is 6.42 Å². The maximum Gasteiger partial charge on any atom is 0.508 e. The van der Waals surface area contributed by atoms with Crippen molar-refractivity contribution >= 4 is 52.8 Å². The molecule has 0 bridgehead atoms. The number of aromatic nitrogens is 4. The molecule has 4 rings (SSSR count). The highest BCUT2D eigenvalue weighted by Gasteiger charge is 2.53. The number of fused-ring (bicyclic) bond motifs is 1. The zero-order chi connectivity index (χ0) is 42.3. The van der Waals surface area contributed by atoms with Crippen LogP contribution in [-0.4, -0.2) is 81.3 Å². The fourth-order valence-electron chi connectivity index (χ4n) is 7.29. The van der Waals surface area contributed by atoms with Gasteiger partial charge in [0.1, 0.15) is 12.8 Å². The third-order valence-corrected chi connectivity index (χ3v) is 10.9. The second kappa shape index (κ2) is 26.1. The van der Waals surface area contributed by atoms with Crippen LogP contribution < -0.4 is 5.32 Å². The molecule has 2 aromatic heterocycles. The number of ether oxygens (including phenoxy) is 6. The molecule has 59 heavy (non-hydrogen) atoms. The summed E-state index contributed by atoms with van der Waals surface area (Å²) < 4.78 is 34.9. The van der Waals surface area contributed by atoms with E-state index in [1.807, 2.05) is 0 Å². The summed E-state index contributed by atoms with van der Waals surface area (Å²) in [6, 6.07) is 0. The number of amides is 1. The van der Waals surface area contributed by atoms with Crippen molar-refractivity contribution in [1.29, 1.82) is 0 Å². The molecule has 0 aliphatic carbocycles. The predicted molar refractivity (Wildman–Crippen MR) is 222 cm³/mol. The van der Waals surface area contributed by atoms with Crippen LogP contribution in [0.1, 0.15) is 168 Å². The minimum absolute atomic E-state index is 0.00949. The summed E-state index contributed by atoms with van der Waals surface area (Å²) >= 11 is 6.28. The number of unbranched alkanes of at least 4 members (excludes halogenated alkanes) is 18. The topological polar surface area (TPSA) is 179 Å². The lowest BCUT2D eigenvalue weighted by Gasteiger charge is -2.28. The van der Waals surface area contributed by atoms with Gasteiger partial charge in [-0.2, -0.15) is 9.97 Å². The molecule has 0 aromatic carbocycles. The van der Waals surface area contributed by atoms with Crippen LogP contribution in [-0.2, 0) is 38.0 Å². The second-order valence-electron chi connectivity index (χ2n) is 15.5. The van der Waals surface area contributed by atoms with E-state index < -0.39 is 54.8 Å². The van der Waals surface area contributed by atoms with E-state index in [1.54, 1.807) is 0 Å². The Morgan fingerprint density at radius 1 is 0.847 bits per heavy atom. The lowest BCUT2D eigenvalue weighted by atomic mass is 9.98. The first-order chi connectivity index (χ1) is 28.7. The van der Waals surface area contributed by atoms with Crippen LogP contribution in [0.4, 0.5) is 15.4 Å². The number of rotatable bonds is 28. The van der Waals surface area contributed by atoms with Crippen molar-refractivity contribution in [2.24, 2.45) is 0 Å². The Morgan fingerprint density at radius 3 is 1.95 bits per heavy atom. The first-order valence-corrected chi connectivity index (χ1v) is 22.3. The van der Waals surface area contributed by atoms with E-state index in [-0.39, 0.29) is 54.7 Å². The van der Waals surface area contributed by atoms with Gasteiger partial charge in [0.15, 0.2) is 29.2 Å². The van der Waals surface area contributed by atoms with Crippen LogP contribution in [0.3, 0.4) is 0 Å². The number of terminal acetylenes is 1. The molecule has 2 aliphatic rings. The molecule has 4 heterocycles. The largest absolute Gasteiger partial charge is 0.508 e. The van der Waals surface area contributed by atoms with Gasteiger partial charge in [-0.25, -0.2) is 14.6 Å². The molecule has 2 aromatic rings. The van der Waals surface area contributed by atoms with E-state index >= 15 is 0 Å². The molecule has 15 nitrogen and oxygen atoms in total. The quantitative estimate of drug-likeness (QED) is 0.0281.